The lowest BCUT2D eigenvalue weighted by Gasteiger charge is -2.06. The Hall–Kier alpha value is -2.46. The summed E-state index contributed by atoms with van der Waals surface area (Å²) < 4.78 is 0. The van der Waals surface area contributed by atoms with E-state index in [9.17, 15) is 4.79 Å². The molecule has 1 amide bonds. The molecule has 0 unspecified atom stereocenters. The Kier molecular flexibility index (Phi) is 3.79. The highest BCUT2D eigenvalue weighted by atomic mass is 32.1. The van der Waals surface area contributed by atoms with E-state index in [2.05, 4.69) is 10.3 Å². The number of nitrogens with zero attached hydrogens (tertiary/aromatic N) is 1. The van der Waals surface area contributed by atoms with Crippen LogP contribution in [0.2, 0.25) is 0 Å². The normalized spacial score (nSPS) is 10.3. The Morgan fingerprint density at radius 3 is 2.62 bits per heavy atom. The zero-order valence-corrected chi connectivity index (χ0v) is 12.4. The molecule has 2 heterocycles. The van der Waals surface area contributed by atoms with Gasteiger partial charge in [0.2, 0.25) is 0 Å². The summed E-state index contributed by atoms with van der Waals surface area (Å²) in [5.41, 5.74) is 3.06. The number of thiophene rings is 1. The van der Waals surface area contributed by atoms with Gasteiger partial charge >= 0.3 is 0 Å². The van der Waals surface area contributed by atoms with Gasteiger partial charge in [-0.05, 0) is 35.6 Å². The van der Waals surface area contributed by atoms with Crippen LogP contribution >= 0.6 is 11.3 Å². The second kappa shape index (κ2) is 5.89. The monoisotopic (exact) mass is 294 g/mol. The maximum atomic E-state index is 12.4. The molecule has 0 saturated carbocycles. The number of carbonyl (C=O) groups excluding carboxylic acids is 1. The molecule has 0 bridgehead atoms. The van der Waals surface area contributed by atoms with E-state index >= 15 is 0 Å². The minimum absolute atomic E-state index is 0.125. The molecule has 0 aliphatic rings. The molecule has 4 heteroatoms. The number of aryl methyl sites for hydroxylation is 1. The highest BCUT2D eigenvalue weighted by Gasteiger charge is 2.14. The van der Waals surface area contributed by atoms with Crippen LogP contribution in [0, 0.1) is 6.92 Å². The average Bonchev–Trinajstić information content (AvgIpc) is 3.00. The summed E-state index contributed by atoms with van der Waals surface area (Å²) >= 11 is 1.44. The van der Waals surface area contributed by atoms with Crippen LogP contribution in [-0.4, -0.2) is 10.9 Å². The number of aromatic nitrogens is 1. The lowest BCUT2D eigenvalue weighted by Crippen LogP contribution is -2.12. The Balaban J connectivity index is 1.86. The quantitative estimate of drug-likeness (QED) is 0.779. The number of rotatable bonds is 3. The van der Waals surface area contributed by atoms with Crippen LogP contribution in [0.1, 0.15) is 15.2 Å². The second-order valence-electron chi connectivity index (χ2n) is 4.70. The van der Waals surface area contributed by atoms with E-state index < -0.39 is 0 Å². The molecule has 0 aliphatic carbocycles. The number of benzene rings is 1. The molecule has 3 rings (SSSR count). The zero-order chi connectivity index (χ0) is 14.7. The molecule has 2 aromatic heterocycles. The van der Waals surface area contributed by atoms with Crippen molar-refractivity contribution in [2.75, 3.05) is 5.32 Å². The van der Waals surface area contributed by atoms with E-state index in [1.165, 1.54) is 11.3 Å². The van der Waals surface area contributed by atoms with E-state index in [1.54, 1.807) is 6.20 Å². The van der Waals surface area contributed by atoms with Crippen molar-refractivity contribution < 1.29 is 4.79 Å². The van der Waals surface area contributed by atoms with Crippen LogP contribution in [0.5, 0.6) is 0 Å². The van der Waals surface area contributed by atoms with Crippen molar-refractivity contribution in [1.29, 1.82) is 0 Å². The lowest BCUT2D eigenvalue weighted by molar-refractivity contribution is 0.103. The summed E-state index contributed by atoms with van der Waals surface area (Å²) in [5.74, 6) is 0.443. The number of pyridine rings is 1. The molecule has 3 aromatic rings. The van der Waals surface area contributed by atoms with Crippen molar-refractivity contribution in [2.45, 2.75) is 6.92 Å². The van der Waals surface area contributed by atoms with Crippen LogP contribution in [-0.2, 0) is 0 Å². The maximum absolute atomic E-state index is 12.4. The largest absolute Gasteiger partial charge is 0.306 e. The van der Waals surface area contributed by atoms with E-state index in [1.807, 2.05) is 60.8 Å². The summed E-state index contributed by atoms with van der Waals surface area (Å²) in [7, 11) is 0. The van der Waals surface area contributed by atoms with Crippen molar-refractivity contribution in [1.82, 2.24) is 4.98 Å². The first-order valence-electron chi connectivity index (χ1n) is 6.61. The summed E-state index contributed by atoms with van der Waals surface area (Å²) in [6.45, 7) is 1.96. The molecule has 21 heavy (non-hydrogen) atoms. The molecule has 104 valence electrons. The molecule has 0 radical (unpaired) electrons. The molecule has 0 spiro atoms. The van der Waals surface area contributed by atoms with Crippen molar-refractivity contribution >= 4 is 23.1 Å². The highest BCUT2D eigenvalue weighted by Crippen LogP contribution is 2.28. The Bertz CT molecular complexity index is 748. The first kappa shape index (κ1) is 13.5. The number of amides is 1. The third-order valence-electron chi connectivity index (χ3n) is 3.11. The predicted molar refractivity (Wildman–Crippen MR) is 86.7 cm³/mol. The molecule has 0 fully saturated rings. The summed E-state index contributed by atoms with van der Waals surface area (Å²) in [4.78, 5) is 17.3. The smallest absolute Gasteiger partial charge is 0.267 e. The Morgan fingerprint density at radius 1 is 1.10 bits per heavy atom. The third kappa shape index (κ3) is 3.01. The number of hydrogen-bond donors (Lipinski definition) is 1. The molecule has 0 aliphatic heterocycles. The van der Waals surface area contributed by atoms with Gasteiger partial charge in [0, 0.05) is 11.8 Å². The molecule has 0 saturated heterocycles. The first-order valence-corrected chi connectivity index (χ1v) is 7.49. The molecule has 1 aromatic carbocycles. The topological polar surface area (TPSA) is 42.0 Å². The fraction of sp³-hybridized carbons (Fsp3) is 0.0588. The van der Waals surface area contributed by atoms with Crippen LogP contribution in [0.4, 0.5) is 5.82 Å². The van der Waals surface area contributed by atoms with Gasteiger partial charge in [0.25, 0.3) is 5.91 Å². The number of anilines is 1. The SMILES string of the molecule is Cc1ccc(NC(=O)c2sccc2-c2ccccc2)nc1. The van der Waals surface area contributed by atoms with Crippen molar-refractivity contribution in [3.63, 3.8) is 0 Å². The van der Waals surface area contributed by atoms with Gasteiger partial charge in [0.15, 0.2) is 0 Å². The van der Waals surface area contributed by atoms with Crippen molar-refractivity contribution in [3.05, 3.63) is 70.5 Å². The standard InChI is InChI=1S/C17H14N2OS/c1-12-7-8-15(18-11-12)19-17(20)16-14(9-10-21-16)13-5-3-2-4-6-13/h2-11H,1H3,(H,18,19,20). The molecule has 0 atom stereocenters. The Morgan fingerprint density at radius 2 is 1.90 bits per heavy atom. The average molecular weight is 294 g/mol. The lowest BCUT2D eigenvalue weighted by atomic mass is 10.1. The van der Waals surface area contributed by atoms with Gasteiger partial charge < -0.3 is 5.32 Å². The third-order valence-corrected chi connectivity index (χ3v) is 4.02. The van der Waals surface area contributed by atoms with Crippen LogP contribution < -0.4 is 5.32 Å². The number of nitrogens with one attached hydrogen (secondary N) is 1. The first-order chi connectivity index (χ1) is 10.2. The van der Waals surface area contributed by atoms with E-state index in [0.717, 1.165) is 16.7 Å². The van der Waals surface area contributed by atoms with Crippen LogP contribution in [0.3, 0.4) is 0 Å². The van der Waals surface area contributed by atoms with Crippen molar-refractivity contribution in [3.8, 4) is 11.1 Å². The van der Waals surface area contributed by atoms with E-state index in [-0.39, 0.29) is 5.91 Å². The van der Waals surface area contributed by atoms with Gasteiger partial charge in [-0.15, -0.1) is 11.3 Å². The second-order valence-corrected chi connectivity index (χ2v) is 5.62. The summed E-state index contributed by atoms with van der Waals surface area (Å²) in [6, 6.07) is 15.6. The van der Waals surface area contributed by atoms with Crippen LogP contribution in [0.25, 0.3) is 11.1 Å². The Labute approximate surface area is 127 Å². The molecule has 1 N–H and O–H groups in total. The molecular weight excluding hydrogens is 280 g/mol. The fourth-order valence-electron chi connectivity index (χ4n) is 2.04. The van der Waals surface area contributed by atoms with Gasteiger partial charge in [0.1, 0.15) is 10.7 Å². The number of carbonyl (C=O) groups is 1. The van der Waals surface area contributed by atoms with Crippen LogP contribution in [0.15, 0.2) is 60.1 Å². The fourth-order valence-corrected chi connectivity index (χ4v) is 2.86. The van der Waals surface area contributed by atoms with Gasteiger partial charge in [0.05, 0.1) is 0 Å². The van der Waals surface area contributed by atoms with Crippen molar-refractivity contribution in [2.24, 2.45) is 0 Å². The molecule has 3 nitrogen and oxygen atoms in total. The minimum Gasteiger partial charge on any atom is -0.306 e. The summed E-state index contributed by atoms with van der Waals surface area (Å²) in [5, 5.41) is 4.77. The van der Waals surface area contributed by atoms with Gasteiger partial charge in [-0.1, -0.05) is 36.4 Å². The maximum Gasteiger partial charge on any atom is 0.267 e. The zero-order valence-electron chi connectivity index (χ0n) is 11.5. The van der Waals surface area contributed by atoms with E-state index in [4.69, 9.17) is 0 Å². The predicted octanol–water partition coefficient (Wildman–Crippen LogP) is 4.37. The highest BCUT2D eigenvalue weighted by molar-refractivity contribution is 7.12. The minimum atomic E-state index is -0.125. The van der Waals surface area contributed by atoms with Gasteiger partial charge in [-0.25, -0.2) is 4.98 Å². The van der Waals surface area contributed by atoms with E-state index in [0.29, 0.717) is 10.7 Å². The van der Waals surface area contributed by atoms with Gasteiger partial charge in [-0.3, -0.25) is 4.79 Å². The molecular formula is C17H14N2OS. The number of hydrogen-bond acceptors (Lipinski definition) is 3. The summed E-state index contributed by atoms with van der Waals surface area (Å²) in [6.07, 6.45) is 1.74. The van der Waals surface area contributed by atoms with Gasteiger partial charge in [-0.2, -0.15) is 0 Å².